The summed E-state index contributed by atoms with van der Waals surface area (Å²) in [4.78, 5) is 40.3. The Morgan fingerprint density at radius 3 is 2.76 bits per heavy atom. The van der Waals surface area contributed by atoms with Crippen LogP contribution < -0.4 is 10.6 Å². The summed E-state index contributed by atoms with van der Waals surface area (Å²) < 4.78 is 7.07. The van der Waals surface area contributed by atoms with Crippen molar-refractivity contribution in [2.24, 2.45) is 0 Å². The van der Waals surface area contributed by atoms with Gasteiger partial charge in [-0.3, -0.25) is 24.5 Å². The van der Waals surface area contributed by atoms with Gasteiger partial charge in [0.2, 0.25) is 5.91 Å². The van der Waals surface area contributed by atoms with Gasteiger partial charge in [-0.2, -0.15) is 0 Å². The standard InChI is InChI=1S/C28H31IN6O3/c1-16-5-7-30-11-21(16)26(36)32-17(2)13-35-15-28(3,4)38-14-24(35)27(37)34-22-10-18(29)9-20-19-6-8-31-12-23(19)33-25(20)22/h5-12,17,24,33H,13-15H2,1-4H3,(H,32,36)(H,34,37)/t17-,24-/m0/s1. The van der Waals surface area contributed by atoms with Gasteiger partial charge in [0.1, 0.15) is 6.04 Å². The summed E-state index contributed by atoms with van der Waals surface area (Å²) in [7, 11) is 0. The van der Waals surface area contributed by atoms with E-state index in [0.29, 0.717) is 24.3 Å². The number of fused-ring (bicyclic) bond motifs is 3. The van der Waals surface area contributed by atoms with Crippen molar-refractivity contribution in [3.63, 3.8) is 0 Å². The number of rotatable bonds is 6. The average Bonchev–Trinajstić information content (AvgIpc) is 3.22. The van der Waals surface area contributed by atoms with Gasteiger partial charge in [-0.1, -0.05) is 0 Å². The fraction of sp³-hybridized carbons (Fsp3) is 0.357. The molecule has 1 aromatic carbocycles. The Bertz CT molecular complexity index is 1520. The maximum atomic E-state index is 13.7. The molecule has 0 spiro atoms. The lowest BCUT2D eigenvalue weighted by atomic mass is 10.0. The van der Waals surface area contributed by atoms with E-state index in [1.807, 2.05) is 45.9 Å². The Morgan fingerprint density at radius 2 is 1.97 bits per heavy atom. The van der Waals surface area contributed by atoms with E-state index in [-0.39, 0.29) is 24.5 Å². The lowest BCUT2D eigenvalue weighted by Gasteiger charge is -2.43. The fourth-order valence-corrected chi connectivity index (χ4v) is 5.64. The highest BCUT2D eigenvalue weighted by Gasteiger charge is 2.38. The SMILES string of the molecule is Cc1ccncc1C(=O)N[C@@H](C)CN1CC(C)(C)OC[C@H]1C(=O)Nc1cc(I)cc2c1[nH]c1cnccc12. The highest BCUT2D eigenvalue weighted by Crippen LogP contribution is 2.32. The molecule has 9 nitrogen and oxygen atoms in total. The number of pyridine rings is 2. The molecule has 0 radical (unpaired) electrons. The molecule has 198 valence electrons. The summed E-state index contributed by atoms with van der Waals surface area (Å²) >= 11 is 2.27. The Kier molecular flexibility index (Phi) is 7.38. The van der Waals surface area contributed by atoms with Crippen LogP contribution in [0.15, 0.2) is 49.1 Å². The van der Waals surface area contributed by atoms with E-state index in [0.717, 1.165) is 30.9 Å². The van der Waals surface area contributed by atoms with E-state index in [1.54, 1.807) is 24.8 Å². The zero-order valence-corrected chi connectivity index (χ0v) is 24.0. The van der Waals surface area contributed by atoms with Crippen LogP contribution in [0.1, 0.15) is 36.7 Å². The fourth-order valence-electron chi connectivity index (χ4n) is 5.02. The minimum absolute atomic E-state index is 0.151. The third-order valence-corrected chi connectivity index (χ3v) is 7.48. The number of aromatic amines is 1. The van der Waals surface area contributed by atoms with Gasteiger partial charge in [0, 0.05) is 52.1 Å². The Hall–Kier alpha value is -3.09. The van der Waals surface area contributed by atoms with E-state index in [4.69, 9.17) is 4.74 Å². The van der Waals surface area contributed by atoms with Crippen LogP contribution in [0.25, 0.3) is 21.8 Å². The van der Waals surface area contributed by atoms with Gasteiger partial charge in [-0.15, -0.1) is 0 Å². The molecule has 0 unspecified atom stereocenters. The molecule has 5 rings (SSSR count). The number of aryl methyl sites for hydroxylation is 1. The Morgan fingerprint density at radius 1 is 1.21 bits per heavy atom. The molecule has 3 N–H and O–H groups in total. The average molecular weight is 626 g/mol. The molecule has 1 aliphatic rings. The van der Waals surface area contributed by atoms with Crippen LogP contribution in [0.5, 0.6) is 0 Å². The number of nitrogens with one attached hydrogen (secondary N) is 3. The number of benzene rings is 1. The molecule has 0 bridgehead atoms. The summed E-state index contributed by atoms with van der Waals surface area (Å²) in [5.41, 5.74) is 3.49. The van der Waals surface area contributed by atoms with Crippen LogP contribution >= 0.6 is 22.6 Å². The number of ether oxygens (including phenoxy) is 1. The smallest absolute Gasteiger partial charge is 0.253 e. The van der Waals surface area contributed by atoms with Gasteiger partial charge < -0.3 is 20.4 Å². The molecule has 2 amide bonds. The predicted molar refractivity (Wildman–Crippen MR) is 156 cm³/mol. The second-order valence-electron chi connectivity index (χ2n) is 10.5. The summed E-state index contributed by atoms with van der Waals surface area (Å²) in [6, 6.07) is 7.13. The van der Waals surface area contributed by atoms with Gasteiger partial charge in [0.05, 0.1) is 40.7 Å². The topological polar surface area (TPSA) is 112 Å². The molecule has 1 aliphatic heterocycles. The van der Waals surface area contributed by atoms with Crippen LogP contribution in [-0.2, 0) is 9.53 Å². The van der Waals surface area contributed by atoms with E-state index >= 15 is 0 Å². The summed E-state index contributed by atoms with van der Waals surface area (Å²) in [5.74, 6) is -0.326. The quantitative estimate of drug-likeness (QED) is 0.276. The maximum Gasteiger partial charge on any atom is 0.253 e. The third kappa shape index (κ3) is 5.52. The Labute approximate surface area is 234 Å². The molecule has 1 fully saturated rings. The van der Waals surface area contributed by atoms with Crippen molar-refractivity contribution in [2.45, 2.75) is 45.4 Å². The first kappa shape index (κ1) is 26.5. The number of halogens is 1. The molecule has 10 heteroatoms. The number of amides is 2. The predicted octanol–water partition coefficient (Wildman–Crippen LogP) is 4.26. The van der Waals surface area contributed by atoms with Gasteiger partial charge in [0.25, 0.3) is 5.91 Å². The van der Waals surface area contributed by atoms with Gasteiger partial charge in [0.15, 0.2) is 0 Å². The number of anilines is 1. The normalized spacial score (nSPS) is 18.4. The lowest BCUT2D eigenvalue weighted by Crippen LogP contribution is -2.60. The number of aromatic nitrogens is 3. The van der Waals surface area contributed by atoms with Gasteiger partial charge in [-0.05, 0) is 80.1 Å². The van der Waals surface area contributed by atoms with Gasteiger partial charge >= 0.3 is 0 Å². The zero-order valence-electron chi connectivity index (χ0n) is 21.8. The van der Waals surface area contributed by atoms with E-state index < -0.39 is 11.6 Å². The Balaban J connectivity index is 1.36. The summed E-state index contributed by atoms with van der Waals surface area (Å²) in [6.07, 6.45) is 6.80. The summed E-state index contributed by atoms with van der Waals surface area (Å²) in [6.45, 7) is 9.16. The van der Waals surface area contributed by atoms with Crippen molar-refractivity contribution >= 4 is 61.9 Å². The van der Waals surface area contributed by atoms with Crippen LogP contribution in [0.3, 0.4) is 0 Å². The molecular weight excluding hydrogens is 595 g/mol. The third-order valence-electron chi connectivity index (χ3n) is 6.86. The maximum absolute atomic E-state index is 13.7. The number of carbonyl (C=O) groups is 2. The van der Waals surface area contributed by atoms with Gasteiger partial charge in [-0.25, -0.2) is 0 Å². The van der Waals surface area contributed by atoms with Crippen molar-refractivity contribution in [1.82, 2.24) is 25.2 Å². The number of carbonyl (C=O) groups excluding carboxylic acids is 2. The molecule has 3 aromatic heterocycles. The minimum atomic E-state index is -0.513. The molecule has 38 heavy (non-hydrogen) atoms. The molecule has 1 saturated heterocycles. The van der Waals surface area contributed by atoms with Crippen LogP contribution in [0.2, 0.25) is 0 Å². The zero-order chi connectivity index (χ0) is 27.0. The number of hydrogen-bond acceptors (Lipinski definition) is 6. The highest BCUT2D eigenvalue weighted by molar-refractivity contribution is 14.1. The summed E-state index contributed by atoms with van der Waals surface area (Å²) in [5, 5.41) is 8.30. The molecule has 4 aromatic rings. The van der Waals surface area contributed by atoms with Crippen molar-refractivity contribution in [3.8, 4) is 0 Å². The highest BCUT2D eigenvalue weighted by atomic mass is 127. The van der Waals surface area contributed by atoms with Crippen LogP contribution in [0.4, 0.5) is 5.69 Å². The van der Waals surface area contributed by atoms with Crippen molar-refractivity contribution in [2.75, 3.05) is 25.0 Å². The van der Waals surface area contributed by atoms with Crippen molar-refractivity contribution in [1.29, 1.82) is 0 Å². The van der Waals surface area contributed by atoms with Crippen LogP contribution in [0, 0.1) is 10.5 Å². The number of H-pyrrole nitrogens is 1. The second kappa shape index (κ2) is 10.6. The first-order valence-electron chi connectivity index (χ1n) is 12.6. The van der Waals surface area contributed by atoms with Crippen LogP contribution in [-0.4, -0.2) is 69.0 Å². The minimum Gasteiger partial charge on any atom is -0.372 e. The number of hydrogen-bond donors (Lipinski definition) is 3. The van der Waals surface area contributed by atoms with E-state index in [9.17, 15) is 9.59 Å². The van der Waals surface area contributed by atoms with E-state index in [2.05, 4.69) is 59.1 Å². The van der Waals surface area contributed by atoms with Crippen molar-refractivity contribution in [3.05, 3.63) is 63.7 Å². The number of nitrogens with zero attached hydrogens (tertiary/aromatic N) is 3. The van der Waals surface area contributed by atoms with E-state index in [1.165, 1.54) is 0 Å². The van der Waals surface area contributed by atoms with Crippen molar-refractivity contribution < 1.29 is 14.3 Å². The molecule has 0 aliphatic carbocycles. The monoisotopic (exact) mass is 626 g/mol. The molecular formula is C28H31IN6O3. The largest absolute Gasteiger partial charge is 0.372 e. The first-order chi connectivity index (χ1) is 18.1. The second-order valence-corrected chi connectivity index (χ2v) is 11.7. The molecule has 4 heterocycles. The first-order valence-corrected chi connectivity index (χ1v) is 13.6. The lowest BCUT2D eigenvalue weighted by molar-refractivity contribution is -0.143. The molecule has 0 saturated carbocycles. The number of morpholine rings is 1. The molecule has 2 atom stereocenters.